The molecule has 0 bridgehead atoms. The second-order valence-electron chi connectivity index (χ2n) is 4.13. The van der Waals surface area contributed by atoms with Gasteiger partial charge in [-0.1, -0.05) is 0 Å². The molecule has 0 aliphatic carbocycles. The molecule has 0 heterocycles. The van der Waals surface area contributed by atoms with Crippen LogP contribution in [0.15, 0.2) is 18.2 Å². The van der Waals surface area contributed by atoms with Gasteiger partial charge in [-0.15, -0.1) is 0 Å². The maximum Gasteiger partial charge on any atom is 0.123 e. The molecule has 4 heteroatoms. The molecule has 1 rings (SSSR count). The molecule has 4 N–H and O–H groups in total. The highest BCUT2D eigenvalue weighted by Gasteiger charge is 2.04. The Balaban J connectivity index is 2.63. The highest BCUT2D eigenvalue weighted by atomic mass is 16.5. The predicted octanol–water partition coefficient (Wildman–Crippen LogP) is 2.24. The molecule has 17 heavy (non-hydrogen) atoms. The summed E-state index contributed by atoms with van der Waals surface area (Å²) in [5, 5.41) is 12.1. The molecule has 0 fully saturated rings. The molecule has 0 radical (unpaired) electrons. The molecule has 1 atom stereocenters. The van der Waals surface area contributed by atoms with Gasteiger partial charge in [0.25, 0.3) is 0 Å². The summed E-state index contributed by atoms with van der Waals surface area (Å²) in [4.78, 5) is 0. The van der Waals surface area contributed by atoms with E-state index in [2.05, 4.69) is 12.2 Å². The lowest BCUT2D eigenvalue weighted by Crippen LogP contribution is -2.15. The fourth-order valence-electron chi connectivity index (χ4n) is 1.71. The zero-order valence-electron chi connectivity index (χ0n) is 10.6. The summed E-state index contributed by atoms with van der Waals surface area (Å²) >= 11 is 0. The van der Waals surface area contributed by atoms with Gasteiger partial charge in [0.15, 0.2) is 0 Å². The lowest BCUT2D eigenvalue weighted by molar-refractivity contribution is 0.282. The number of anilines is 2. The van der Waals surface area contributed by atoms with Crippen LogP contribution < -0.4 is 15.8 Å². The standard InChI is InChI=1S/C13H22N2O2/c1-3-17-13-8-11(14)7-12(9-13)15-10(2)5-4-6-16/h7-10,15-16H,3-6,14H2,1-2H3. The van der Waals surface area contributed by atoms with Crippen LogP contribution in [-0.2, 0) is 0 Å². The van der Waals surface area contributed by atoms with E-state index in [4.69, 9.17) is 15.6 Å². The Morgan fingerprint density at radius 3 is 2.82 bits per heavy atom. The first-order chi connectivity index (χ1) is 8.15. The van der Waals surface area contributed by atoms with Crippen molar-refractivity contribution in [3.8, 4) is 5.75 Å². The van der Waals surface area contributed by atoms with Crippen molar-refractivity contribution in [3.05, 3.63) is 18.2 Å². The largest absolute Gasteiger partial charge is 0.494 e. The quantitative estimate of drug-likeness (QED) is 0.637. The van der Waals surface area contributed by atoms with Crippen molar-refractivity contribution >= 4 is 11.4 Å². The van der Waals surface area contributed by atoms with Gasteiger partial charge in [0.1, 0.15) is 5.75 Å². The van der Waals surface area contributed by atoms with Crippen molar-refractivity contribution in [1.29, 1.82) is 0 Å². The third-order valence-electron chi connectivity index (χ3n) is 2.45. The van der Waals surface area contributed by atoms with E-state index in [1.54, 1.807) is 0 Å². The number of hydrogen-bond donors (Lipinski definition) is 3. The molecule has 0 amide bonds. The molecule has 0 aromatic heterocycles. The van der Waals surface area contributed by atoms with Crippen molar-refractivity contribution in [2.75, 3.05) is 24.3 Å². The average Bonchev–Trinajstić information content (AvgIpc) is 2.26. The summed E-state index contributed by atoms with van der Waals surface area (Å²) < 4.78 is 5.43. The third kappa shape index (κ3) is 4.95. The number of ether oxygens (including phenoxy) is 1. The van der Waals surface area contributed by atoms with Crippen LogP contribution in [0.1, 0.15) is 26.7 Å². The van der Waals surface area contributed by atoms with Crippen LogP contribution in [-0.4, -0.2) is 24.4 Å². The fraction of sp³-hybridized carbons (Fsp3) is 0.538. The molecule has 0 aliphatic rings. The van der Waals surface area contributed by atoms with Gasteiger partial charge in [0.2, 0.25) is 0 Å². The smallest absolute Gasteiger partial charge is 0.123 e. The average molecular weight is 238 g/mol. The number of aliphatic hydroxyl groups excluding tert-OH is 1. The van der Waals surface area contributed by atoms with E-state index >= 15 is 0 Å². The Morgan fingerprint density at radius 2 is 2.18 bits per heavy atom. The van der Waals surface area contributed by atoms with E-state index in [0.717, 1.165) is 24.3 Å². The van der Waals surface area contributed by atoms with Crippen LogP contribution in [0.3, 0.4) is 0 Å². The normalized spacial score (nSPS) is 12.2. The second-order valence-corrected chi connectivity index (χ2v) is 4.13. The highest BCUT2D eigenvalue weighted by molar-refractivity contribution is 5.59. The van der Waals surface area contributed by atoms with Gasteiger partial charge in [0.05, 0.1) is 6.61 Å². The fourth-order valence-corrected chi connectivity index (χ4v) is 1.71. The molecule has 0 aliphatic heterocycles. The number of nitrogens with two attached hydrogens (primary N) is 1. The molecule has 1 aromatic rings. The van der Waals surface area contributed by atoms with Crippen LogP contribution >= 0.6 is 0 Å². The molecule has 0 saturated heterocycles. The lowest BCUT2D eigenvalue weighted by Gasteiger charge is -2.16. The maximum atomic E-state index is 8.77. The summed E-state index contributed by atoms with van der Waals surface area (Å²) in [5.74, 6) is 0.782. The zero-order valence-corrected chi connectivity index (χ0v) is 10.6. The van der Waals surface area contributed by atoms with Crippen LogP contribution in [0, 0.1) is 0 Å². The van der Waals surface area contributed by atoms with Crippen LogP contribution in [0.5, 0.6) is 5.75 Å². The summed E-state index contributed by atoms with van der Waals surface area (Å²) in [6.07, 6.45) is 1.73. The van der Waals surface area contributed by atoms with E-state index in [-0.39, 0.29) is 6.61 Å². The summed E-state index contributed by atoms with van der Waals surface area (Å²) in [7, 11) is 0. The van der Waals surface area contributed by atoms with Crippen molar-refractivity contribution in [1.82, 2.24) is 0 Å². The maximum absolute atomic E-state index is 8.77. The number of aliphatic hydroxyl groups is 1. The number of nitrogen functional groups attached to an aromatic ring is 1. The lowest BCUT2D eigenvalue weighted by atomic mass is 10.1. The van der Waals surface area contributed by atoms with E-state index in [9.17, 15) is 0 Å². The Labute approximate surface area is 103 Å². The Bertz CT molecular complexity index is 342. The first-order valence-corrected chi connectivity index (χ1v) is 6.06. The van der Waals surface area contributed by atoms with Crippen molar-refractivity contribution in [3.63, 3.8) is 0 Å². The van der Waals surface area contributed by atoms with E-state index in [0.29, 0.717) is 18.3 Å². The van der Waals surface area contributed by atoms with Crippen molar-refractivity contribution in [2.24, 2.45) is 0 Å². The Kier molecular flexibility index (Phi) is 5.63. The molecule has 0 spiro atoms. The highest BCUT2D eigenvalue weighted by Crippen LogP contribution is 2.23. The predicted molar refractivity (Wildman–Crippen MR) is 71.4 cm³/mol. The zero-order chi connectivity index (χ0) is 12.7. The van der Waals surface area contributed by atoms with Gasteiger partial charge in [-0.2, -0.15) is 0 Å². The van der Waals surface area contributed by atoms with Gasteiger partial charge in [-0.05, 0) is 32.8 Å². The minimum absolute atomic E-state index is 0.229. The summed E-state index contributed by atoms with van der Waals surface area (Å²) in [6.45, 7) is 4.88. The molecule has 4 nitrogen and oxygen atoms in total. The molecule has 0 saturated carbocycles. The van der Waals surface area contributed by atoms with E-state index < -0.39 is 0 Å². The SMILES string of the molecule is CCOc1cc(N)cc(NC(C)CCCO)c1. The first-order valence-electron chi connectivity index (χ1n) is 6.06. The van der Waals surface area contributed by atoms with Gasteiger partial charge >= 0.3 is 0 Å². The second kappa shape index (κ2) is 7.01. The minimum Gasteiger partial charge on any atom is -0.494 e. The topological polar surface area (TPSA) is 67.5 Å². The first kappa shape index (κ1) is 13.6. The molecule has 96 valence electrons. The van der Waals surface area contributed by atoms with Crippen LogP contribution in [0.25, 0.3) is 0 Å². The Morgan fingerprint density at radius 1 is 1.41 bits per heavy atom. The van der Waals surface area contributed by atoms with E-state index in [1.165, 1.54) is 0 Å². The van der Waals surface area contributed by atoms with Gasteiger partial charge < -0.3 is 20.9 Å². The molecule has 1 unspecified atom stereocenters. The van der Waals surface area contributed by atoms with Gasteiger partial charge in [0, 0.05) is 36.2 Å². The molecule has 1 aromatic carbocycles. The van der Waals surface area contributed by atoms with Crippen LogP contribution in [0.4, 0.5) is 11.4 Å². The minimum atomic E-state index is 0.229. The van der Waals surface area contributed by atoms with Crippen molar-refractivity contribution < 1.29 is 9.84 Å². The number of hydrogen-bond acceptors (Lipinski definition) is 4. The number of rotatable bonds is 7. The van der Waals surface area contributed by atoms with E-state index in [1.807, 2.05) is 25.1 Å². The summed E-state index contributed by atoms with van der Waals surface area (Å²) in [6, 6.07) is 5.94. The third-order valence-corrected chi connectivity index (χ3v) is 2.45. The number of nitrogens with one attached hydrogen (secondary N) is 1. The summed E-state index contributed by atoms with van der Waals surface area (Å²) in [5.41, 5.74) is 7.45. The van der Waals surface area contributed by atoms with Gasteiger partial charge in [-0.3, -0.25) is 0 Å². The van der Waals surface area contributed by atoms with Crippen LogP contribution in [0.2, 0.25) is 0 Å². The molecular weight excluding hydrogens is 216 g/mol. The van der Waals surface area contributed by atoms with Gasteiger partial charge in [-0.25, -0.2) is 0 Å². The number of benzene rings is 1. The Hall–Kier alpha value is -1.42. The van der Waals surface area contributed by atoms with Crippen molar-refractivity contribution in [2.45, 2.75) is 32.7 Å². The molecular formula is C13H22N2O2. The monoisotopic (exact) mass is 238 g/mol.